The summed E-state index contributed by atoms with van der Waals surface area (Å²) in [5, 5.41) is 0. The summed E-state index contributed by atoms with van der Waals surface area (Å²) in [6.45, 7) is 6.97. The van der Waals surface area contributed by atoms with E-state index in [1.54, 1.807) is 6.20 Å². The first-order valence-electron chi connectivity index (χ1n) is 15.8. The van der Waals surface area contributed by atoms with Crippen LogP contribution in [0.5, 0.6) is 0 Å². The number of hydrogen-bond acceptors (Lipinski definition) is 4. The molecule has 41 heavy (non-hydrogen) atoms. The molecule has 0 radical (unpaired) electrons. The molecule has 1 saturated heterocycles. The van der Waals surface area contributed by atoms with Gasteiger partial charge in [-0.1, -0.05) is 49.4 Å². The van der Waals surface area contributed by atoms with Gasteiger partial charge >= 0.3 is 0 Å². The van der Waals surface area contributed by atoms with Crippen molar-refractivity contribution in [3.63, 3.8) is 0 Å². The number of rotatable bonds is 8. The summed E-state index contributed by atoms with van der Waals surface area (Å²) in [6.07, 6.45) is 13.1. The minimum Gasteiger partial charge on any atom is -0.300 e. The van der Waals surface area contributed by atoms with Crippen LogP contribution in [-0.4, -0.2) is 40.6 Å². The third kappa shape index (κ3) is 4.59. The number of ketones is 2. The Labute approximate surface area is 244 Å². The molecule has 4 heteroatoms. The molecular weight excluding hydrogens is 504 g/mol. The van der Waals surface area contributed by atoms with Gasteiger partial charge in [-0.2, -0.15) is 0 Å². The minimum absolute atomic E-state index is 0.0927. The second-order valence-corrected chi connectivity index (χ2v) is 13.6. The van der Waals surface area contributed by atoms with Crippen LogP contribution in [0, 0.1) is 18.3 Å². The Morgan fingerprint density at radius 3 is 2.63 bits per heavy atom. The van der Waals surface area contributed by atoms with E-state index in [9.17, 15) is 9.59 Å². The molecule has 2 heterocycles. The fraction of sp³-hybridized carbons (Fsp3) is 0.486. The van der Waals surface area contributed by atoms with E-state index in [1.807, 2.05) is 12.3 Å². The first-order valence-corrected chi connectivity index (χ1v) is 15.8. The number of aromatic nitrogens is 1. The molecule has 2 saturated carbocycles. The number of carbonyl (C=O) groups excluding carboxylic acids is 2. The summed E-state index contributed by atoms with van der Waals surface area (Å²) in [4.78, 5) is 33.7. The molecule has 0 spiro atoms. The maximum absolute atomic E-state index is 13.7. The van der Waals surface area contributed by atoms with E-state index in [4.69, 9.17) is 0 Å². The molecular formula is C37H42N2O2. The van der Waals surface area contributed by atoms with Gasteiger partial charge < -0.3 is 0 Å². The summed E-state index contributed by atoms with van der Waals surface area (Å²) in [5.41, 5.74) is 8.30. The minimum atomic E-state index is -0.128. The number of pyridine rings is 1. The highest BCUT2D eigenvalue weighted by molar-refractivity contribution is 5.98. The lowest BCUT2D eigenvalue weighted by molar-refractivity contribution is -0.136. The van der Waals surface area contributed by atoms with E-state index in [0.717, 1.165) is 66.8 Å². The molecule has 7 rings (SSSR count). The van der Waals surface area contributed by atoms with Gasteiger partial charge in [-0.25, -0.2) is 0 Å². The molecule has 1 aliphatic heterocycles. The molecule has 4 nitrogen and oxygen atoms in total. The predicted molar refractivity (Wildman–Crippen MR) is 163 cm³/mol. The largest absolute Gasteiger partial charge is 0.300 e. The van der Waals surface area contributed by atoms with Crippen molar-refractivity contribution in [1.29, 1.82) is 0 Å². The van der Waals surface area contributed by atoms with Gasteiger partial charge in [-0.15, -0.1) is 0 Å². The number of benzene rings is 2. The number of Topliss-reactive ketones (excluding diaryl/α,β-unsaturated/α-hetero) is 2. The number of hydrogen-bond donors (Lipinski definition) is 0. The van der Waals surface area contributed by atoms with Crippen molar-refractivity contribution in [2.75, 3.05) is 13.1 Å². The Balaban J connectivity index is 1.11. The van der Waals surface area contributed by atoms with E-state index < -0.39 is 0 Å². The maximum atomic E-state index is 13.7. The standard InChI is InChI=1S/C37H42N2O2/c1-25-32(33(41)7-3-5-26-10-12-28(13-11-26)30-6-4-19-38-23-30)15-14-29-21-34-36(2)17-16-31(40)22-37(36,35(25)29)18-20-39(34)24-27-8-9-27/h4,6,10-15,19,23,27,34H,3,5,7-9,16-18,20-22,24H2,1-2H3/t34-,36+,37-/m1/s1. The fourth-order valence-electron chi connectivity index (χ4n) is 8.82. The maximum Gasteiger partial charge on any atom is 0.163 e. The molecule has 0 amide bonds. The van der Waals surface area contributed by atoms with Crippen LogP contribution in [0.2, 0.25) is 0 Å². The molecule has 3 aromatic rings. The number of carbonyl (C=O) groups is 2. The van der Waals surface area contributed by atoms with Crippen LogP contribution in [0.25, 0.3) is 11.1 Å². The van der Waals surface area contributed by atoms with E-state index in [0.29, 0.717) is 31.1 Å². The van der Waals surface area contributed by atoms with Gasteiger partial charge in [0.15, 0.2) is 5.78 Å². The van der Waals surface area contributed by atoms with Gasteiger partial charge in [-0.3, -0.25) is 19.5 Å². The van der Waals surface area contributed by atoms with Crippen molar-refractivity contribution in [2.24, 2.45) is 11.3 Å². The SMILES string of the molecule is Cc1c(C(=O)CCCc2ccc(-c3cccnc3)cc2)ccc2c1[C@]13CCN(CC4CC4)[C@H](C2)[C@]1(C)CCC(=O)C3. The van der Waals surface area contributed by atoms with Gasteiger partial charge in [0.1, 0.15) is 5.78 Å². The first kappa shape index (κ1) is 26.8. The predicted octanol–water partition coefficient (Wildman–Crippen LogP) is 7.30. The third-order valence-corrected chi connectivity index (χ3v) is 11.3. The van der Waals surface area contributed by atoms with E-state index in [-0.39, 0.29) is 16.6 Å². The molecule has 3 aliphatic carbocycles. The quantitative estimate of drug-likeness (QED) is 0.278. The smallest absolute Gasteiger partial charge is 0.163 e. The number of fused-ring (bicyclic) bond motifs is 1. The average molecular weight is 547 g/mol. The van der Waals surface area contributed by atoms with Crippen LogP contribution < -0.4 is 0 Å². The summed E-state index contributed by atoms with van der Waals surface area (Å²) in [5.74, 6) is 1.53. The highest BCUT2D eigenvalue weighted by Gasteiger charge is 2.63. The van der Waals surface area contributed by atoms with Crippen molar-refractivity contribution >= 4 is 11.6 Å². The Morgan fingerprint density at radius 2 is 1.88 bits per heavy atom. The van der Waals surface area contributed by atoms with Crippen LogP contribution in [0.15, 0.2) is 60.9 Å². The molecule has 2 aromatic carbocycles. The van der Waals surface area contributed by atoms with Crippen LogP contribution in [-0.2, 0) is 23.1 Å². The summed E-state index contributed by atoms with van der Waals surface area (Å²) >= 11 is 0. The lowest BCUT2D eigenvalue weighted by Gasteiger charge is -2.65. The normalized spacial score (nSPS) is 27.3. The topological polar surface area (TPSA) is 50.3 Å². The van der Waals surface area contributed by atoms with Crippen LogP contribution >= 0.6 is 0 Å². The Bertz CT molecular complexity index is 1470. The zero-order chi connectivity index (χ0) is 28.2. The van der Waals surface area contributed by atoms with Gasteiger partial charge in [-0.05, 0) is 109 Å². The average Bonchev–Trinajstić information content (AvgIpc) is 3.80. The number of piperidine rings is 1. The molecule has 2 bridgehead atoms. The monoisotopic (exact) mass is 546 g/mol. The molecule has 3 atom stereocenters. The van der Waals surface area contributed by atoms with Crippen molar-refractivity contribution in [3.8, 4) is 11.1 Å². The highest BCUT2D eigenvalue weighted by Crippen LogP contribution is 2.63. The Kier molecular flexibility index (Phi) is 6.73. The molecule has 0 unspecified atom stereocenters. The lowest BCUT2D eigenvalue weighted by atomic mass is 9.44. The molecule has 0 N–H and O–H groups in total. The van der Waals surface area contributed by atoms with Crippen molar-refractivity contribution in [3.05, 3.63) is 88.7 Å². The molecule has 4 aliphatic rings. The second-order valence-electron chi connectivity index (χ2n) is 13.6. The number of aryl methyl sites for hydroxylation is 1. The highest BCUT2D eigenvalue weighted by atomic mass is 16.1. The van der Waals surface area contributed by atoms with E-state index >= 15 is 0 Å². The van der Waals surface area contributed by atoms with Gasteiger partial charge in [0.2, 0.25) is 0 Å². The summed E-state index contributed by atoms with van der Waals surface area (Å²) in [6, 6.07) is 17.5. The lowest BCUT2D eigenvalue weighted by Crippen LogP contribution is -2.68. The van der Waals surface area contributed by atoms with Crippen LogP contribution in [0.3, 0.4) is 0 Å². The van der Waals surface area contributed by atoms with Crippen molar-refractivity contribution in [1.82, 2.24) is 9.88 Å². The first-order chi connectivity index (χ1) is 19.9. The molecule has 1 aromatic heterocycles. The van der Waals surface area contributed by atoms with Crippen LogP contribution in [0.1, 0.15) is 90.9 Å². The van der Waals surface area contributed by atoms with Crippen LogP contribution in [0.4, 0.5) is 0 Å². The zero-order valence-corrected chi connectivity index (χ0v) is 24.6. The van der Waals surface area contributed by atoms with Crippen molar-refractivity contribution in [2.45, 2.75) is 89.5 Å². The Morgan fingerprint density at radius 1 is 1.05 bits per heavy atom. The molecule has 3 fully saturated rings. The number of likely N-dealkylation sites (tertiary alicyclic amines) is 1. The van der Waals surface area contributed by atoms with Gasteiger partial charge in [0.05, 0.1) is 0 Å². The van der Waals surface area contributed by atoms with Gasteiger partial charge in [0, 0.05) is 55.2 Å². The summed E-state index contributed by atoms with van der Waals surface area (Å²) < 4.78 is 0. The molecule has 212 valence electrons. The third-order valence-electron chi connectivity index (χ3n) is 11.3. The zero-order valence-electron chi connectivity index (χ0n) is 24.6. The van der Waals surface area contributed by atoms with E-state index in [2.05, 4.69) is 66.2 Å². The number of nitrogens with zero attached hydrogens (tertiary/aromatic N) is 2. The summed E-state index contributed by atoms with van der Waals surface area (Å²) in [7, 11) is 0. The second kappa shape index (κ2) is 10.3. The van der Waals surface area contributed by atoms with Crippen molar-refractivity contribution < 1.29 is 9.59 Å². The van der Waals surface area contributed by atoms with Gasteiger partial charge in [0.25, 0.3) is 0 Å². The van der Waals surface area contributed by atoms with E-state index in [1.165, 1.54) is 36.1 Å². The fourth-order valence-corrected chi connectivity index (χ4v) is 8.82. The Hall–Kier alpha value is -3.11.